The molecule has 0 N–H and O–H groups in total. The van der Waals surface area contributed by atoms with Crippen LogP contribution >= 0.6 is 0 Å². The molecule has 1 fully saturated rings. The Labute approximate surface area is 106 Å². The summed E-state index contributed by atoms with van der Waals surface area (Å²) in [4.78, 5) is 11.2. The first-order valence-corrected chi connectivity index (χ1v) is 6.41. The third kappa shape index (κ3) is 2.20. The number of anilines is 1. The number of nitrogens with zero attached hydrogens (tertiary/aromatic N) is 5. The van der Waals surface area contributed by atoms with Crippen molar-refractivity contribution in [1.29, 1.82) is 0 Å². The van der Waals surface area contributed by atoms with Crippen molar-refractivity contribution in [3.63, 3.8) is 0 Å². The van der Waals surface area contributed by atoms with E-state index >= 15 is 0 Å². The van der Waals surface area contributed by atoms with Gasteiger partial charge in [0.2, 0.25) is 0 Å². The fourth-order valence-electron chi connectivity index (χ4n) is 2.25. The lowest BCUT2D eigenvalue weighted by molar-refractivity contribution is 0.436. The van der Waals surface area contributed by atoms with E-state index in [2.05, 4.69) is 26.9 Å². The molecule has 0 aliphatic carbocycles. The molecule has 5 heteroatoms. The number of rotatable bonds is 2. The lowest BCUT2D eigenvalue weighted by atomic mass is 9.99. The van der Waals surface area contributed by atoms with Gasteiger partial charge in [0.05, 0.1) is 0 Å². The largest absolute Gasteiger partial charge is 0.356 e. The fourth-order valence-corrected chi connectivity index (χ4v) is 2.25. The Morgan fingerprint density at radius 2 is 2.06 bits per heavy atom. The van der Waals surface area contributed by atoms with Crippen LogP contribution in [0.1, 0.15) is 19.8 Å². The molecule has 0 aromatic carbocycles. The maximum atomic E-state index is 4.58. The first kappa shape index (κ1) is 11.2. The summed E-state index contributed by atoms with van der Waals surface area (Å²) in [5.41, 5.74) is 0. The normalized spacial score (nSPS) is 17.1. The Hall–Kier alpha value is -1.91. The minimum Gasteiger partial charge on any atom is -0.356 e. The van der Waals surface area contributed by atoms with Crippen molar-refractivity contribution in [3.05, 3.63) is 30.7 Å². The van der Waals surface area contributed by atoms with Crippen LogP contribution in [0, 0.1) is 5.92 Å². The molecule has 3 rings (SSSR count). The Balaban J connectivity index is 1.83. The molecule has 0 bridgehead atoms. The summed E-state index contributed by atoms with van der Waals surface area (Å²) in [6, 6.07) is 3.85. The maximum absolute atomic E-state index is 4.58. The van der Waals surface area contributed by atoms with Gasteiger partial charge in [-0.2, -0.15) is 10.1 Å². The molecule has 94 valence electrons. The molecule has 0 saturated carbocycles. The predicted molar refractivity (Wildman–Crippen MR) is 69.8 cm³/mol. The summed E-state index contributed by atoms with van der Waals surface area (Å²) in [7, 11) is 0. The van der Waals surface area contributed by atoms with Crippen molar-refractivity contribution < 1.29 is 0 Å². The van der Waals surface area contributed by atoms with Crippen LogP contribution in [0.4, 0.5) is 5.82 Å². The highest BCUT2D eigenvalue weighted by Gasteiger charge is 2.17. The van der Waals surface area contributed by atoms with E-state index in [1.807, 2.05) is 18.3 Å². The topological polar surface area (TPSA) is 46.8 Å². The van der Waals surface area contributed by atoms with Gasteiger partial charge in [-0.1, -0.05) is 6.92 Å². The Morgan fingerprint density at radius 1 is 1.22 bits per heavy atom. The van der Waals surface area contributed by atoms with E-state index in [-0.39, 0.29) is 0 Å². The van der Waals surface area contributed by atoms with Crippen LogP contribution in [0.2, 0.25) is 0 Å². The van der Waals surface area contributed by atoms with Crippen molar-refractivity contribution in [1.82, 2.24) is 19.7 Å². The first-order valence-electron chi connectivity index (χ1n) is 6.41. The highest BCUT2D eigenvalue weighted by Crippen LogP contribution is 2.21. The molecular weight excluding hydrogens is 226 g/mol. The molecular formula is C13H17N5. The zero-order valence-electron chi connectivity index (χ0n) is 10.5. The van der Waals surface area contributed by atoms with Gasteiger partial charge in [-0.3, -0.25) is 0 Å². The third-order valence-electron chi connectivity index (χ3n) is 3.45. The predicted octanol–water partition coefficient (Wildman–Crippen LogP) is 1.90. The lowest BCUT2D eigenvalue weighted by Gasteiger charge is -2.31. The molecule has 0 atom stereocenters. The van der Waals surface area contributed by atoms with Gasteiger partial charge in [-0.15, -0.1) is 0 Å². The number of hydrogen-bond donors (Lipinski definition) is 0. The van der Waals surface area contributed by atoms with Crippen molar-refractivity contribution >= 4 is 5.82 Å². The van der Waals surface area contributed by atoms with Crippen LogP contribution in [0.15, 0.2) is 30.7 Å². The van der Waals surface area contributed by atoms with E-state index in [1.165, 1.54) is 12.8 Å². The molecule has 1 aliphatic rings. The molecule has 1 aliphatic heterocycles. The zero-order valence-corrected chi connectivity index (χ0v) is 10.5. The molecule has 2 aromatic rings. The standard InChI is InChI=1S/C13H17N5/c1-11-4-9-17(10-5-11)12-3-7-14-13(16-12)18-8-2-6-15-18/h2-3,6-8,11H,4-5,9-10H2,1H3. The molecule has 18 heavy (non-hydrogen) atoms. The average molecular weight is 243 g/mol. The first-order chi connectivity index (χ1) is 8.83. The van der Waals surface area contributed by atoms with Crippen LogP contribution < -0.4 is 4.90 Å². The quantitative estimate of drug-likeness (QED) is 0.808. The Morgan fingerprint density at radius 3 is 2.78 bits per heavy atom. The van der Waals surface area contributed by atoms with Gasteiger partial charge in [0.25, 0.3) is 5.95 Å². The summed E-state index contributed by atoms with van der Waals surface area (Å²) in [5, 5.41) is 4.16. The molecule has 0 radical (unpaired) electrons. The van der Waals surface area contributed by atoms with Crippen molar-refractivity contribution in [2.24, 2.45) is 5.92 Å². The summed E-state index contributed by atoms with van der Waals surface area (Å²) in [6.07, 6.45) is 7.87. The SMILES string of the molecule is CC1CCN(c2ccnc(-n3cccn3)n2)CC1. The maximum Gasteiger partial charge on any atom is 0.252 e. The fraction of sp³-hybridized carbons (Fsp3) is 0.462. The van der Waals surface area contributed by atoms with Crippen molar-refractivity contribution in [3.8, 4) is 5.95 Å². The Kier molecular flexibility index (Phi) is 2.96. The number of piperidine rings is 1. The van der Waals surface area contributed by atoms with Gasteiger partial charge in [0, 0.05) is 31.7 Å². The van der Waals surface area contributed by atoms with Crippen LogP contribution in [-0.2, 0) is 0 Å². The van der Waals surface area contributed by atoms with Crippen molar-refractivity contribution in [2.75, 3.05) is 18.0 Å². The van der Waals surface area contributed by atoms with Gasteiger partial charge >= 0.3 is 0 Å². The minimum absolute atomic E-state index is 0.635. The highest BCUT2D eigenvalue weighted by atomic mass is 15.3. The number of hydrogen-bond acceptors (Lipinski definition) is 4. The van der Waals surface area contributed by atoms with Gasteiger partial charge < -0.3 is 4.90 Å². The molecule has 3 heterocycles. The molecule has 0 spiro atoms. The molecule has 1 saturated heterocycles. The van der Waals surface area contributed by atoms with Gasteiger partial charge in [-0.05, 0) is 30.9 Å². The third-order valence-corrected chi connectivity index (χ3v) is 3.45. The highest BCUT2D eigenvalue weighted by molar-refractivity contribution is 5.39. The van der Waals surface area contributed by atoms with E-state index in [4.69, 9.17) is 0 Å². The van der Waals surface area contributed by atoms with E-state index in [9.17, 15) is 0 Å². The van der Waals surface area contributed by atoms with Crippen molar-refractivity contribution in [2.45, 2.75) is 19.8 Å². The second-order valence-electron chi connectivity index (χ2n) is 4.84. The van der Waals surface area contributed by atoms with Gasteiger partial charge in [0.1, 0.15) is 5.82 Å². The van der Waals surface area contributed by atoms with Gasteiger partial charge in [-0.25, -0.2) is 9.67 Å². The summed E-state index contributed by atoms with van der Waals surface area (Å²) < 4.78 is 1.69. The van der Waals surface area contributed by atoms with E-state index < -0.39 is 0 Å². The summed E-state index contributed by atoms with van der Waals surface area (Å²) >= 11 is 0. The lowest BCUT2D eigenvalue weighted by Crippen LogP contribution is -2.33. The summed E-state index contributed by atoms with van der Waals surface area (Å²) in [6.45, 7) is 4.47. The monoisotopic (exact) mass is 243 g/mol. The van der Waals surface area contributed by atoms with Crippen LogP contribution in [0.5, 0.6) is 0 Å². The zero-order chi connectivity index (χ0) is 12.4. The molecule has 5 nitrogen and oxygen atoms in total. The van der Waals surface area contributed by atoms with Crippen LogP contribution in [0.3, 0.4) is 0 Å². The summed E-state index contributed by atoms with van der Waals surface area (Å²) in [5.74, 6) is 2.46. The van der Waals surface area contributed by atoms with Gasteiger partial charge in [0.15, 0.2) is 0 Å². The molecule has 2 aromatic heterocycles. The van der Waals surface area contributed by atoms with E-state index in [0.29, 0.717) is 5.95 Å². The molecule has 0 unspecified atom stereocenters. The van der Waals surface area contributed by atoms with Crippen LogP contribution in [-0.4, -0.2) is 32.8 Å². The van der Waals surface area contributed by atoms with E-state index in [1.54, 1.807) is 17.1 Å². The number of aromatic nitrogens is 4. The smallest absolute Gasteiger partial charge is 0.252 e. The molecule has 0 amide bonds. The van der Waals surface area contributed by atoms with Crippen LogP contribution in [0.25, 0.3) is 5.95 Å². The average Bonchev–Trinajstić information content (AvgIpc) is 2.94. The van der Waals surface area contributed by atoms with E-state index in [0.717, 1.165) is 24.8 Å². The minimum atomic E-state index is 0.635. The second kappa shape index (κ2) is 4.76. The second-order valence-corrected chi connectivity index (χ2v) is 4.84. The Bertz CT molecular complexity index is 500.